The van der Waals surface area contributed by atoms with Crippen LogP contribution in [0.5, 0.6) is 5.75 Å². The predicted octanol–water partition coefficient (Wildman–Crippen LogP) is 3.90. The molecule has 3 heterocycles. The van der Waals surface area contributed by atoms with Gasteiger partial charge in [-0.05, 0) is 67.3 Å². The first-order valence-electron chi connectivity index (χ1n) is 10.8. The fourth-order valence-corrected chi connectivity index (χ4v) is 4.67. The maximum absolute atomic E-state index is 12.0. The summed E-state index contributed by atoms with van der Waals surface area (Å²) in [5, 5.41) is 20.0. The van der Waals surface area contributed by atoms with E-state index in [9.17, 15) is 9.90 Å². The molecule has 5 rings (SSSR count). The third-order valence-electron chi connectivity index (χ3n) is 6.46. The van der Waals surface area contributed by atoms with E-state index >= 15 is 0 Å². The topological polar surface area (TPSA) is 86.3 Å². The molecule has 6 heteroatoms. The van der Waals surface area contributed by atoms with Gasteiger partial charge in [0, 0.05) is 24.2 Å². The lowest BCUT2D eigenvalue weighted by Gasteiger charge is -2.29. The molecule has 29 heavy (non-hydrogen) atoms. The molecule has 6 nitrogen and oxygen atoms in total. The summed E-state index contributed by atoms with van der Waals surface area (Å²) in [6, 6.07) is 7.67. The minimum Gasteiger partial charge on any atom is -0.507 e. The number of hydrogen-bond donors (Lipinski definition) is 4. The molecule has 152 valence electrons. The molecule has 2 aromatic rings. The van der Waals surface area contributed by atoms with Gasteiger partial charge in [0.05, 0.1) is 5.69 Å². The van der Waals surface area contributed by atoms with Gasteiger partial charge in [0.2, 0.25) is 0 Å². The monoisotopic (exact) mass is 392 g/mol. The number of phenolic OH excluding ortho intramolecular Hbond substituents is 1. The summed E-state index contributed by atoms with van der Waals surface area (Å²) in [6.45, 7) is 2.48. The second kappa shape index (κ2) is 7.67. The van der Waals surface area contributed by atoms with E-state index in [1.54, 1.807) is 6.07 Å². The summed E-state index contributed by atoms with van der Waals surface area (Å²) in [6.07, 6.45) is 7.00. The van der Waals surface area contributed by atoms with Gasteiger partial charge in [-0.1, -0.05) is 25.0 Å². The first kappa shape index (κ1) is 18.4. The van der Waals surface area contributed by atoms with E-state index in [0.29, 0.717) is 18.3 Å². The number of phenols is 1. The van der Waals surface area contributed by atoms with Crippen molar-refractivity contribution in [3.63, 3.8) is 0 Å². The van der Waals surface area contributed by atoms with Crippen molar-refractivity contribution in [2.45, 2.75) is 51.0 Å². The highest BCUT2D eigenvalue weighted by molar-refractivity contribution is 5.92. The van der Waals surface area contributed by atoms with Crippen LogP contribution in [0.4, 0.5) is 10.6 Å². The van der Waals surface area contributed by atoms with Crippen molar-refractivity contribution in [2.75, 3.05) is 18.4 Å². The Labute approximate surface area is 171 Å². The Bertz CT molecular complexity index is 933. The van der Waals surface area contributed by atoms with Gasteiger partial charge in [-0.2, -0.15) is 0 Å². The fourth-order valence-electron chi connectivity index (χ4n) is 4.67. The van der Waals surface area contributed by atoms with Crippen LogP contribution in [0.3, 0.4) is 0 Å². The van der Waals surface area contributed by atoms with Gasteiger partial charge in [-0.3, -0.25) is 5.32 Å². The number of hydrogen-bond acceptors (Lipinski definition) is 4. The maximum atomic E-state index is 12.0. The van der Waals surface area contributed by atoms with Crippen LogP contribution in [0.2, 0.25) is 0 Å². The Morgan fingerprint density at radius 1 is 1.21 bits per heavy atom. The van der Waals surface area contributed by atoms with E-state index in [2.05, 4.69) is 28.1 Å². The minimum absolute atomic E-state index is 0.221. The largest absolute Gasteiger partial charge is 0.507 e. The molecule has 1 aromatic heterocycles. The Balaban J connectivity index is 1.59. The SMILES string of the molecule is O=C1NCc2c(C3CCCNC3)cc(-c3c(O)cccc3CCC3CC3)nc2N1. The second-order valence-electron chi connectivity index (χ2n) is 8.57. The molecule has 1 unspecified atom stereocenters. The number of amides is 2. The maximum Gasteiger partial charge on any atom is 0.320 e. The van der Waals surface area contributed by atoms with Crippen molar-refractivity contribution in [3.8, 4) is 17.0 Å². The number of piperidine rings is 1. The highest BCUT2D eigenvalue weighted by atomic mass is 16.3. The number of nitrogens with one attached hydrogen (secondary N) is 3. The molecule has 1 aromatic carbocycles. The molecule has 2 aliphatic heterocycles. The summed E-state index contributed by atoms with van der Waals surface area (Å²) in [7, 11) is 0. The quantitative estimate of drug-likeness (QED) is 0.622. The van der Waals surface area contributed by atoms with E-state index in [4.69, 9.17) is 4.98 Å². The van der Waals surface area contributed by atoms with E-state index in [-0.39, 0.29) is 11.8 Å². The number of aromatic hydroxyl groups is 1. The number of fused-ring (bicyclic) bond motifs is 1. The second-order valence-corrected chi connectivity index (χ2v) is 8.57. The predicted molar refractivity (Wildman–Crippen MR) is 113 cm³/mol. The average molecular weight is 393 g/mol. The number of rotatable bonds is 5. The minimum atomic E-state index is -0.221. The van der Waals surface area contributed by atoms with Gasteiger partial charge in [-0.25, -0.2) is 9.78 Å². The Kier molecular flexibility index (Phi) is 4.87. The lowest BCUT2D eigenvalue weighted by atomic mass is 9.86. The lowest BCUT2D eigenvalue weighted by Crippen LogP contribution is -2.36. The van der Waals surface area contributed by atoms with Gasteiger partial charge in [-0.15, -0.1) is 0 Å². The van der Waals surface area contributed by atoms with Gasteiger partial charge in [0.1, 0.15) is 11.6 Å². The van der Waals surface area contributed by atoms with E-state index in [0.717, 1.165) is 67.1 Å². The van der Waals surface area contributed by atoms with Crippen molar-refractivity contribution in [1.82, 2.24) is 15.6 Å². The van der Waals surface area contributed by atoms with Crippen LogP contribution in [0.25, 0.3) is 11.3 Å². The third-order valence-corrected chi connectivity index (χ3v) is 6.46. The zero-order chi connectivity index (χ0) is 19.8. The lowest BCUT2D eigenvalue weighted by molar-refractivity contribution is 0.250. The van der Waals surface area contributed by atoms with Gasteiger partial charge in [0.15, 0.2) is 0 Å². The average Bonchev–Trinajstić information content (AvgIpc) is 3.56. The highest BCUT2D eigenvalue weighted by Gasteiger charge is 2.27. The number of carbonyl (C=O) groups is 1. The smallest absolute Gasteiger partial charge is 0.320 e. The van der Waals surface area contributed by atoms with Crippen molar-refractivity contribution < 1.29 is 9.90 Å². The van der Waals surface area contributed by atoms with Crippen LogP contribution in [0, 0.1) is 5.92 Å². The molecule has 1 saturated carbocycles. The number of carbonyl (C=O) groups excluding carboxylic acids is 1. The van der Waals surface area contributed by atoms with E-state index < -0.39 is 0 Å². The van der Waals surface area contributed by atoms with Crippen molar-refractivity contribution in [1.29, 1.82) is 0 Å². The van der Waals surface area contributed by atoms with Crippen molar-refractivity contribution >= 4 is 11.8 Å². The molecule has 2 amide bonds. The van der Waals surface area contributed by atoms with Gasteiger partial charge >= 0.3 is 6.03 Å². The molecule has 0 bridgehead atoms. The number of urea groups is 1. The molecule has 1 saturated heterocycles. The van der Waals surface area contributed by atoms with Crippen LogP contribution in [-0.4, -0.2) is 29.2 Å². The van der Waals surface area contributed by atoms with Crippen LogP contribution in [-0.2, 0) is 13.0 Å². The first-order chi connectivity index (χ1) is 14.2. The Morgan fingerprint density at radius 3 is 2.90 bits per heavy atom. The zero-order valence-corrected chi connectivity index (χ0v) is 16.6. The normalized spacial score (nSPS) is 21.2. The van der Waals surface area contributed by atoms with E-state index in [1.165, 1.54) is 18.4 Å². The Hall–Kier alpha value is -2.60. The van der Waals surface area contributed by atoms with Crippen molar-refractivity contribution in [3.05, 3.63) is 41.0 Å². The number of benzene rings is 1. The standard InChI is InChI=1S/C23H28N4O2/c28-20-5-1-3-15(9-8-14-6-7-14)21(20)19-11-17(16-4-2-10-24-12-16)18-13-25-23(29)27-22(18)26-19/h1,3,5,11,14,16,24,28H,2,4,6-10,12-13H2,(H2,25,26,27,29). The number of nitrogens with zero attached hydrogens (tertiary/aromatic N) is 1. The Morgan fingerprint density at radius 2 is 2.10 bits per heavy atom. The molecule has 1 atom stereocenters. The number of aryl methyl sites for hydroxylation is 1. The molecule has 0 spiro atoms. The fraction of sp³-hybridized carbons (Fsp3) is 0.478. The van der Waals surface area contributed by atoms with Crippen LogP contribution < -0.4 is 16.0 Å². The molecule has 3 aliphatic rings. The molecular formula is C23H28N4O2. The van der Waals surface area contributed by atoms with Crippen LogP contribution in [0.1, 0.15) is 54.7 Å². The summed E-state index contributed by atoms with van der Waals surface area (Å²) in [4.78, 5) is 16.8. The molecular weight excluding hydrogens is 364 g/mol. The molecule has 0 radical (unpaired) electrons. The van der Waals surface area contributed by atoms with Gasteiger partial charge in [0.25, 0.3) is 0 Å². The van der Waals surface area contributed by atoms with Gasteiger partial charge < -0.3 is 15.7 Å². The van der Waals surface area contributed by atoms with Crippen LogP contribution >= 0.6 is 0 Å². The van der Waals surface area contributed by atoms with Crippen LogP contribution in [0.15, 0.2) is 24.3 Å². The summed E-state index contributed by atoms with van der Waals surface area (Å²) < 4.78 is 0. The summed E-state index contributed by atoms with van der Waals surface area (Å²) in [5.74, 6) is 2.11. The summed E-state index contributed by atoms with van der Waals surface area (Å²) in [5.41, 5.74) is 5.00. The molecule has 4 N–H and O–H groups in total. The number of aromatic nitrogens is 1. The first-order valence-corrected chi connectivity index (χ1v) is 10.8. The highest BCUT2D eigenvalue weighted by Crippen LogP contribution is 2.40. The number of pyridine rings is 1. The molecule has 2 fully saturated rings. The summed E-state index contributed by atoms with van der Waals surface area (Å²) >= 11 is 0. The number of anilines is 1. The zero-order valence-electron chi connectivity index (χ0n) is 16.6. The molecule has 1 aliphatic carbocycles. The van der Waals surface area contributed by atoms with Crippen molar-refractivity contribution in [2.24, 2.45) is 5.92 Å². The van der Waals surface area contributed by atoms with E-state index in [1.807, 2.05) is 6.07 Å². The third kappa shape index (κ3) is 3.81.